The van der Waals surface area contributed by atoms with Crippen LogP contribution in [-0.4, -0.2) is 36.3 Å². The second kappa shape index (κ2) is 8.39. The summed E-state index contributed by atoms with van der Waals surface area (Å²) >= 11 is 0. The van der Waals surface area contributed by atoms with Crippen molar-refractivity contribution in [3.8, 4) is 5.75 Å². The first kappa shape index (κ1) is 20.7. The minimum absolute atomic E-state index is 0.255. The molecule has 0 atom stereocenters. The molecule has 0 fully saturated rings. The summed E-state index contributed by atoms with van der Waals surface area (Å²) in [6, 6.07) is 20.0. The fourth-order valence-corrected chi connectivity index (χ4v) is 4.32. The SMILES string of the molecule is COC(=O)c1ccc2c(c1)/C(=C\CCN1C(=O)c3ccccc3C1=O)c1ccccc1CO2. The second-order valence-electron chi connectivity index (χ2n) is 7.86. The third-order valence-corrected chi connectivity index (χ3v) is 5.96. The maximum atomic E-state index is 12.7. The molecule has 2 amide bonds. The molecule has 0 aromatic heterocycles. The van der Waals surface area contributed by atoms with Gasteiger partial charge in [-0.15, -0.1) is 0 Å². The smallest absolute Gasteiger partial charge is 0.337 e. The van der Waals surface area contributed by atoms with Crippen molar-refractivity contribution in [2.24, 2.45) is 0 Å². The Balaban J connectivity index is 1.50. The number of amides is 2. The average molecular weight is 439 g/mol. The zero-order chi connectivity index (χ0) is 22.9. The summed E-state index contributed by atoms with van der Waals surface area (Å²) in [4.78, 5) is 38.8. The van der Waals surface area contributed by atoms with Gasteiger partial charge in [0.15, 0.2) is 0 Å². The summed E-state index contributed by atoms with van der Waals surface area (Å²) in [5.41, 5.74) is 4.96. The van der Waals surface area contributed by atoms with Crippen LogP contribution in [0.25, 0.3) is 5.57 Å². The van der Waals surface area contributed by atoms with Gasteiger partial charge in [-0.1, -0.05) is 42.5 Å². The molecule has 2 aliphatic rings. The number of fused-ring (bicyclic) bond motifs is 3. The van der Waals surface area contributed by atoms with Gasteiger partial charge >= 0.3 is 5.97 Å². The molecule has 0 spiro atoms. The number of rotatable bonds is 4. The Bertz CT molecular complexity index is 1290. The van der Waals surface area contributed by atoms with Crippen LogP contribution < -0.4 is 4.74 Å². The summed E-state index contributed by atoms with van der Waals surface area (Å²) in [6.45, 7) is 0.654. The van der Waals surface area contributed by atoms with Crippen molar-refractivity contribution in [3.05, 3.63) is 106 Å². The van der Waals surface area contributed by atoms with Crippen LogP contribution in [0, 0.1) is 0 Å². The maximum absolute atomic E-state index is 12.7. The molecule has 5 rings (SSSR count). The zero-order valence-corrected chi connectivity index (χ0v) is 18.0. The number of carbonyl (C=O) groups is 3. The highest BCUT2D eigenvalue weighted by Gasteiger charge is 2.34. The van der Waals surface area contributed by atoms with E-state index in [0.717, 1.165) is 22.3 Å². The molecular weight excluding hydrogens is 418 g/mol. The minimum Gasteiger partial charge on any atom is -0.488 e. The Morgan fingerprint density at radius 1 is 0.939 bits per heavy atom. The molecule has 0 unspecified atom stereocenters. The average Bonchev–Trinajstić information content (AvgIpc) is 3.00. The molecule has 0 bridgehead atoms. The van der Waals surface area contributed by atoms with Crippen LogP contribution in [0.15, 0.2) is 72.8 Å². The summed E-state index contributed by atoms with van der Waals surface area (Å²) in [5.74, 6) is -0.314. The molecule has 6 nitrogen and oxygen atoms in total. The van der Waals surface area contributed by atoms with Crippen LogP contribution in [0.3, 0.4) is 0 Å². The lowest BCUT2D eigenvalue weighted by Gasteiger charge is -2.15. The fraction of sp³-hybridized carbons (Fsp3) is 0.148. The fourth-order valence-electron chi connectivity index (χ4n) is 4.32. The van der Waals surface area contributed by atoms with E-state index < -0.39 is 5.97 Å². The predicted molar refractivity (Wildman–Crippen MR) is 122 cm³/mol. The van der Waals surface area contributed by atoms with E-state index in [4.69, 9.17) is 9.47 Å². The molecular formula is C27H21NO5. The van der Waals surface area contributed by atoms with Gasteiger partial charge in [0.1, 0.15) is 12.4 Å². The lowest BCUT2D eigenvalue weighted by Crippen LogP contribution is -2.30. The molecule has 6 heteroatoms. The molecule has 0 radical (unpaired) electrons. The van der Waals surface area contributed by atoms with Crippen LogP contribution >= 0.6 is 0 Å². The monoisotopic (exact) mass is 439 g/mol. The van der Waals surface area contributed by atoms with E-state index in [1.807, 2.05) is 30.3 Å². The molecule has 2 heterocycles. The number of nitrogens with zero attached hydrogens (tertiary/aromatic N) is 1. The van der Waals surface area contributed by atoms with Gasteiger partial charge in [-0.2, -0.15) is 0 Å². The van der Waals surface area contributed by atoms with Gasteiger partial charge in [-0.25, -0.2) is 4.79 Å². The van der Waals surface area contributed by atoms with Crippen molar-refractivity contribution >= 4 is 23.4 Å². The molecule has 33 heavy (non-hydrogen) atoms. The molecule has 2 aliphatic heterocycles. The van der Waals surface area contributed by atoms with Crippen LogP contribution in [-0.2, 0) is 11.3 Å². The number of ether oxygens (including phenoxy) is 2. The van der Waals surface area contributed by atoms with Gasteiger partial charge < -0.3 is 9.47 Å². The Kier molecular flexibility index (Phi) is 5.26. The summed E-state index contributed by atoms with van der Waals surface area (Å²) in [5, 5.41) is 0. The maximum Gasteiger partial charge on any atom is 0.337 e. The number of hydrogen-bond acceptors (Lipinski definition) is 5. The first-order chi connectivity index (χ1) is 16.1. The van der Waals surface area contributed by atoms with Crippen molar-refractivity contribution < 1.29 is 23.9 Å². The highest BCUT2D eigenvalue weighted by atomic mass is 16.5. The first-order valence-electron chi connectivity index (χ1n) is 10.7. The Labute approximate surface area is 191 Å². The van der Waals surface area contributed by atoms with Crippen LogP contribution in [0.2, 0.25) is 0 Å². The number of imide groups is 1. The first-order valence-corrected chi connectivity index (χ1v) is 10.7. The number of benzene rings is 3. The third kappa shape index (κ3) is 3.59. The number of esters is 1. The van der Waals surface area contributed by atoms with Gasteiger partial charge in [0.25, 0.3) is 11.8 Å². The number of carbonyl (C=O) groups excluding carboxylic acids is 3. The number of hydrogen-bond donors (Lipinski definition) is 0. The molecule has 0 N–H and O–H groups in total. The highest BCUT2D eigenvalue weighted by molar-refractivity contribution is 6.21. The molecule has 0 saturated carbocycles. The zero-order valence-electron chi connectivity index (χ0n) is 18.0. The number of methoxy groups -OCH3 is 1. The minimum atomic E-state index is -0.430. The molecule has 3 aromatic rings. The predicted octanol–water partition coefficient (Wildman–Crippen LogP) is 4.48. The largest absolute Gasteiger partial charge is 0.488 e. The van der Waals surface area contributed by atoms with E-state index >= 15 is 0 Å². The molecule has 0 aliphatic carbocycles. The normalized spacial score (nSPS) is 15.4. The van der Waals surface area contributed by atoms with Gasteiger partial charge in [-0.05, 0) is 53.5 Å². The molecule has 164 valence electrons. The van der Waals surface area contributed by atoms with E-state index in [1.165, 1.54) is 12.0 Å². The van der Waals surface area contributed by atoms with Crippen LogP contribution in [0.5, 0.6) is 5.75 Å². The van der Waals surface area contributed by atoms with E-state index in [0.29, 0.717) is 35.5 Å². The van der Waals surface area contributed by atoms with E-state index in [2.05, 4.69) is 0 Å². The standard InChI is InChI=1S/C27H21NO5/c1-32-27(31)17-12-13-24-23(15-17)20(19-8-3-2-7-18(19)16-33-24)11-6-14-28-25(29)21-9-4-5-10-22(21)26(28)30/h2-5,7-13,15H,6,14,16H2,1H3/b20-11-. The van der Waals surface area contributed by atoms with Crippen molar-refractivity contribution in [1.29, 1.82) is 0 Å². The van der Waals surface area contributed by atoms with E-state index in [9.17, 15) is 14.4 Å². The Morgan fingerprint density at radius 3 is 2.30 bits per heavy atom. The summed E-state index contributed by atoms with van der Waals surface area (Å²) in [7, 11) is 1.35. The highest BCUT2D eigenvalue weighted by Crippen LogP contribution is 2.38. The van der Waals surface area contributed by atoms with E-state index in [-0.39, 0.29) is 18.4 Å². The summed E-state index contributed by atoms with van der Waals surface area (Å²) < 4.78 is 10.9. The van der Waals surface area contributed by atoms with Gasteiger partial charge in [-0.3, -0.25) is 14.5 Å². The van der Waals surface area contributed by atoms with Crippen LogP contribution in [0.4, 0.5) is 0 Å². The lowest BCUT2D eigenvalue weighted by atomic mass is 9.92. The van der Waals surface area contributed by atoms with Crippen molar-refractivity contribution in [3.63, 3.8) is 0 Å². The van der Waals surface area contributed by atoms with Gasteiger partial charge in [0.2, 0.25) is 0 Å². The third-order valence-electron chi connectivity index (χ3n) is 5.96. The molecule has 0 saturated heterocycles. The second-order valence-corrected chi connectivity index (χ2v) is 7.86. The van der Waals surface area contributed by atoms with Crippen molar-refractivity contribution in [2.75, 3.05) is 13.7 Å². The van der Waals surface area contributed by atoms with E-state index in [1.54, 1.807) is 42.5 Å². The van der Waals surface area contributed by atoms with Gasteiger partial charge in [0.05, 0.1) is 23.8 Å². The Hall–Kier alpha value is -4.19. The van der Waals surface area contributed by atoms with Gasteiger partial charge in [0, 0.05) is 12.1 Å². The quantitative estimate of drug-likeness (QED) is 0.443. The van der Waals surface area contributed by atoms with Crippen molar-refractivity contribution in [1.82, 2.24) is 4.90 Å². The van der Waals surface area contributed by atoms with Crippen molar-refractivity contribution in [2.45, 2.75) is 13.0 Å². The molecule has 3 aromatic carbocycles. The summed E-state index contributed by atoms with van der Waals surface area (Å²) in [6.07, 6.45) is 2.45. The van der Waals surface area contributed by atoms with Crippen LogP contribution in [0.1, 0.15) is 54.2 Å². The topological polar surface area (TPSA) is 72.9 Å². The Morgan fingerprint density at radius 2 is 1.61 bits per heavy atom. The lowest BCUT2D eigenvalue weighted by molar-refractivity contribution is 0.0598.